The molecule has 72 valence electrons. The zero-order chi connectivity index (χ0) is 9.40. The summed E-state index contributed by atoms with van der Waals surface area (Å²) in [6.07, 6.45) is 5.03. The number of hydrogen-bond donors (Lipinski definition) is 3. The Morgan fingerprint density at radius 2 is 2.17 bits per heavy atom. The Hall–Kier alpha value is -0.610. The van der Waals surface area contributed by atoms with Crippen molar-refractivity contribution in [2.75, 3.05) is 0 Å². The molecule has 0 aromatic carbocycles. The van der Waals surface area contributed by atoms with Gasteiger partial charge in [-0.2, -0.15) is 0 Å². The number of carbonyl (C=O) groups excluding carboxylic acids is 1. The number of hydrogen-bond acceptors (Lipinski definition) is 3. The van der Waals surface area contributed by atoms with Crippen molar-refractivity contribution >= 4 is 5.91 Å². The van der Waals surface area contributed by atoms with Gasteiger partial charge >= 0.3 is 0 Å². The van der Waals surface area contributed by atoms with Crippen molar-refractivity contribution in [2.45, 2.75) is 45.1 Å². The molecule has 4 nitrogen and oxygen atoms in total. The predicted octanol–water partition coefficient (Wildman–Crippen LogP) is 0.790. The van der Waals surface area contributed by atoms with Crippen LogP contribution < -0.4 is 11.2 Å². The molecule has 0 aromatic rings. The maximum atomic E-state index is 10.7. The fourth-order valence-corrected chi connectivity index (χ4v) is 1.01. The van der Waals surface area contributed by atoms with Crippen LogP contribution in [0.25, 0.3) is 0 Å². The van der Waals surface area contributed by atoms with Gasteiger partial charge in [-0.3, -0.25) is 10.0 Å². The topological polar surface area (TPSA) is 75.4 Å². The largest absolute Gasteiger partial charge is 0.320 e. The summed E-state index contributed by atoms with van der Waals surface area (Å²) in [5, 5.41) is 8.23. The lowest BCUT2D eigenvalue weighted by atomic mass is 10.1. The first-order chi connectivity index (χ1) is 5.72. The lowest BCUT2D eigenvalue weighted by molar-refractivity contribution is -0.130. The minimum absolute atomic E-state index is 0.494. The van der Waals surface area contributed by atoms with Gasteiger partial charge in [-0.15, -0.1) is 0 Å². The molecule has 4 N–H and O–H groups in total. The van der Waals surface area contributed by atoms with Gasteiger partial charge in [-0.25, -0.2) is 5.48 Å². The highest BCUT2D eigenvalue weighted by Gasteiger charge is 2.10. The summed E-state index contributed by atoms with van der Waals surface area (Å²) in [5.74, 6) is -0.494. The quantitative estimate of drug-likeness (QED) is 0.316. The van der Waals surface area contributed by atoms with Crippen LogP contribution in [0.15, 0.2) is 0 Å². The Kier molecular flexibility index (Phi) is 6.70. The minimum Gasteiger partial charge on any atom is -0.320 e. The first-order valence-corrected chi connectivity index (χ1v) is 4.42. The lowest BCUT2D eigenvalue weighted by Gasteiger charge is -2.07. The number of amides is 1. The molecule has 4 heteroatoms. The van der Waals surface area contributed by atoms with Crippen molar-refractivity contribution in [1.29, 1.82) is 0 Å². The summed E-state index contributed by atoms with van der Waals surface area (Å²) in [7, 11) is 0. The SMILES string of the molecule is CCCCCCC(N)C(=O)NO. The van der Waals surface area contributed by atoms with Crippen molar-refractivity contribution in [3.8, 4) is 0 Å². The molecule has 0 aromatic heterocycles. The zero-order valence-corrected chi connectivity index (χ0v) is 7.55. The van der Waals surface area contributed by atoms with E-state index in [4.69, 9.17) is 10.9 Å². The van der Waals surface area contributed by atoms with Crippen LogP contribution >= 0.6 is 0 Å². The second kappa shape index (κ2) is 7.06. The van der Waals surface area contributed by atoms with E-state index in [9.17, 15) is 4.79 Å². The summed E-state index contributed by atoms with van der Waals surface area (Å²) in [6, 6.07) is -0.563. The van der Waals surface area contributed by atoms with E-state index in [1.807, 2.05) is 0 Å². The van der Waals surface area contributed by atoms with Crippen LogP contribution in [0.2, 0.25) is 0 Å². The van der Waals surface area contributed by atoms with E-state index in [2.05, 4.69) is 6.92 Å². The number of nitrogens with one attached hydrogen (secondary N) is 1. The van der Waals surface area contributed by atoms with E-state index in [0.717, 1.165) is 12.8 Å². The fourth-order valence-electron chi connectivity index (χ4n) is 1.01. The Morgan fingerprint density at radius 1 is 1.50 bits per heavy atom. The molecule has 0 rings (SSSR count). The molecule has 0 saturated heterocycles. The third-order valence-corrected chi connectivity index (χ3v) is 1.82. The van der Waals surface area contributed by atoms with Crippen LogP contribution in [0.3, 0.4) is 0 Å². The van der Waals surface area contributed by atoms with Crippen molar-refractivity contribution in [2.24, 2.45) is 5.73 Å². The number of carbonyl (C=O) groups is 1. The molecule has 0 saturated carbocycles. The zero-order valence-electron chi connectivity index (χ0n) is 7.55. The summed E-state index contributed by atoms with van der Waals surface area (Å²) in [6.45, 7) is 2.13. The summed E-state index contributed by atoms with van der Waals surface area (Å²) in [4.78, 5) is 10.7. The first kappa shape index (κ1) is 11.4. The smallest absolute Gasteiger partial charge is 0.260 e. The monoisotopic (exact) mass is 174 g/mol. The fraction of sp³-hybridized carbons (Fsp3) is 0.875. The molecule has 12 heavy (non-hydrogen) atoms. The molecule has 1 unspecified atom stereocenters. The van der Waals surface area contributed by atoms with Crippen LogP contribution in [-0.4, -0.2) is 17.2 Å². The average molecular weight is 174 g/mol. The molecule has 1 amide bonds. The number of rotatable bonds is 6. The molecular weight excluding hydrogens is 156 g/mol. The van der Waals surface area contributed by atoms with Crippen LogP contribution in [-0.2, 0) is 4.79 Å². The molecule has 0 heterocycles. The number of hydroxylamine groups is 1. The van der Waals surface area contributed by atoms with Crippen LogP contribution in [0.1, 0.15) is 39.0 Å². The van der Waals surface area contributed by atoms with Gasteiger partial charge in [-0.05, 0) is 6.42 Å². The summed E-state index contributed by atoms with van der Waals surface area (Å²) in [5.41, 5.74) is 6.98. The van der Waals surface area contributed by atoms with Gasteiger partial charge < -0.3 is 5.73 Å². The van der Waals surface area contributed by atoms with E-state index in [1.165, 1.54) is 12.8 Å². The Balaban J connectivity index is 3.31. The maximum absolute atomic E-state index is 10.7. The van der Waals surface area contributed by atoms with E-state index in [0.29, 0.717) is 6.42 Å². The molecular formula is C8H18N2O2. The van der Waals surface area contributed by atoms with Gasteiger partial charge in [0.25, 0.3) is 5.91 Å². The van der Waals surface area contributed by atoms with Gasteiger partial charge in [0.2, 0.25) is 0 Å². The van der Waals surface area contributed by atoms with Crippen molar-refractivity contribution in [1.82, 2.24) is 5.48 Å². The second-order valence-electron chi connectivity index (χ2n) is 2.93. The lowest BCUT2D eigenvalue weighted by Crippen LogP contribution is -2.38. The van der Waals surface area contributed by atoms with Gasteiger partial charge in [-0.1, -0.05) is 32.6 Å². The molecule has 0 fully saturated rings. The van der Waals surface area contributed by atoms with Crippen LogP contribution in [0.4, 0.5) is 0 Å². The van der Waals surface area contributed by atoms with E-state index in [-0.39, 0.29) is 0 Å². The second-order valence-corrected chi connectivity index (χ2v) is 2.93. The van der Waals surface area contributed by atoms with E-state index in [1.54, 1.807) is 5.48 Å². The molecule has 0 aliphatic rings. The van der Waals surface area contributed by atoms with Gasteiger partial charge in [0.15, 0.2) is 0 Å². The summed E-state index contributed by atoms with van der Waals surface area (Å²) >= 11 is 0. The van der Waals surface area contributed by atoms with Gasteiger partial charge in [0.1, 0.15) is 0 Å². The third kappa shape index (κ3) is 5.09. The first-order valence-electron chi connectivity index (χ1n) is 4.42. The highest BCUT2D eigenvalue weighted by molar-refractivity contribution is 5.80. The molecule has 0 radical (unpaired) electrons. The van der Waals surface area contributed by atoms with Crippen LogP contribution in [0.5, 0.6) is 0 Å². The van der Waals surface area contributed by atoms with Crippen molar-refractivity contribution in [3.05, 3.63) is 0 Å². The number of nitrogens with two attached hydrogens (primary N) is 1. The number of unbranched alkanes of at least 4 members (excludes halogenated alkanes) is 3. The Labute approximate surface area is 73.1 Å². The Bertz CT molecular complexity index is 128. The van der Waals surface area contributed by atoms with Crippen molar-refractivity contribution < 1.29 is 10.0 Å². The Morgan fingerprint density at radius 3 is 2.67 bits per heavy atom. The highest BCUT2D eigenvalue weighted by Crippen LogP contribution is 2.03. The maximum Gasteiger partial charge on any atom is 0.260 e. The van der Waals surface area contributed by atoms with Crippen LogP contribution in [0, 0.1) is 0 Å². The molecule has 0 aliphatic heterocycles. The molecule has 1 atom stereocenters. The average Bonchev–Trinajstić information content (AvgIpc) is 2.10. The van der Waals surface area contributed by atoms with Gasteiger partial charge in [0.05, 0.1) is 6.04 Å². The molecule has 0 spiro atoms. The third-order valence-electron chi connectivity index (χ3n) is 1.82. The molecule has 0 bridgehead atoms. The van der Waals surface area contributed by atoms with E-state index < -0.39 is 11.9 Å². The predicted molar refractivity (Wildman–Crippen MR) is 46.7 cm³/mol. The summed E-state index contributed by atoms with van der Waals surface area (Å²) < 4.78 is 0. The normalized spacial score (nSPS) is 12.6. The van der Waals surface area contributed by atoms with E-state index >= 15 is 0 Å². The standard InChI is InChI=1S/C8H18N2O2/c1-2-3-4-5-6-7(9)8(11)10-12/h7,12H,2-6,9H2,1H3,(H,10,11). The molecule has 0 aliphatic carbocycles. The van der Waals surface area contributed by atoms with Crippen molar-refractivity contribution in [3.63, 3.8) is 0 Å². The highest BCUT2D eigenvalue weighted by atomic mass is 16.5. The van der Waals surface area contributed by atoms with Gasteiger partial charge in [0, 0.05) is 0 Å². The minimum atomic E-state index is -0.563.